The lowest BCUT2D eigenvalue weighted by Gasteiger charge is -2.33. The molecule has 2 aliphatic heterocycles. The third-order valence-corrected chi connectivity index (χ3v) is 6.32. The molecule has 2 aliphatic rings. The molecule has 1 saturated heterocycles. The van der Waals surface area contributed by atoms with E-state index in [2.05, 4.69) is 34.1 Å². The summed E-state index contributed by atoms with van der Waals surface area (Å²) < 4.78 is 16.6. The van der Waals surface area contributed by atoms with Crippen molar-refractivity contribution in [3.05, 3.63) is 59.2 Å². The van der Waals surface area contributed by atoms with Gasteiger partial charge in [-0.05, 0) is 54.8 Å². The van der Waals surface area contributed by atoms with E-state index in [1.54, 1.807) is 0 Å². The van der Waals surface area contributed by atoms with Crippen molar-refractivity contribution in [1.82, 2.24) is 9.80 Å². The molecule has 33 heavy (non-hydrogen) atoms. The number of benzene rings is 2. The van der Waals surface area contributed by atoms with Gasteiger partial charge in [-0.3, -0.25) is 14.6 Å². The van der Waals surface area contributed by atoms with Crippen LogP contribution in [-0.2, 0) is 29.2 Å². The Labute approximate surface area is 195 Å². The average Bonchev–Trinajstić information content (AvgIpc) is 3.04. The van der Waals surface area contributed by atoms with Crippen LogP contribution in [0.5, 0.6) is 11.5 Å². The number of methoxy groups -OCH3 is 1. The second kappa shape index (κ2) is 11.5. The van der Waals surface area contributed by atoms with Gasteiger partial charge in [-0.1, -0.05) is 24.6 Å². The van der Waals surface area contributed by atoms with E-state index in [1.807, 2.05) is 18.2 Å². The number of fused-ring (bicyclic) bond motifs is 1. The van der Waals surface area contributed by atoms with Gasteiger partial charge in [0.05, 0.1) is 13.7 Å². The molecule has 0 spiro atoms. The van der Waals surface area contributed by atoms with E-state index in [1.165, 1.54) is 23.8 Å². The first-order chi connectivity index (χ1) is 16.2. The fourth-order valence-electron chi connectivity index (χ4n) is 4.71. The molecule has 0 aromatic heterocycles. The van der Waals surface area contributed by atoms with Gasteiger partial charge in [0, 0.05) is 31.7 Å². The van der Waals surface area contributed by atoms with Gasteiger partial charge in [-0.25, -0.2) is 0 Å². The van der Waals surface area contributed by atoms with Gasteiger partial charge in [-0.2, -0.15) is 0 Å². The molecule has 4 rings (SSSR count). The van der Waals surface area contributed by atoms with Gasteiger partial charge in [0.15, 0.2) is 0 Å². The Bertz CT molecular complexity index is 935. The van der Waals surface area contributed by atoms with Crippen LogP contribution in [0.15, 0.2) is 42.5 Å². The number of carbonyl (C=O) groups excluding carboxylic acids is 1. The monoisotopic (exact) mass is 454 g/mol. The first-order valence-corrected chi connectivity index (χ1v) is 11.8. The van der Waals surface area contributed by atoms with E-state index in [4.69, 9.17) is 19.3 Å². The van der Waals surface area contributed by atoms with Crippen molar-refractivity contribution in [2.45, 2.75) is 44.9 Å². The van der Waals surface area contributed by atoms with Crippen LogP contribution in [-0.4, -0.2) is 66.9 Å². The Balaban J connectivity index is 1.44. The Hall–Kier alpha value is -2.61. The minimum absolute atomic E-state index is 0.00458. The fourth-order valence-corrected chi connectivity index (χ4v) is 4.71. The van der Waals surface area contributed by atoms with Gasteiger partial charge < -0.3 is 19.3 Å². The van der Waals surface area contributed by atoms with Crippen molar-refractivity contribution < 1.29 is 24.1 Å². The van der Waals surface area contributed by atoms with Gasteiger partial charge in [0.25, 0.3) is 0 Å². The topological polar surface area (TPSA) is 71.5 Å². The van der Waals surface area contributed by atoms with Gasteiger partial charge in [0.1, 0.15) is 30.8 Å². The molecule has 0 saturated carbocycles. The maximum Gasteiger partial charge on any atom is 0.323 e. The normalized spacial score (nSPS) is 19.3. The third kappa shape index (κ3) is 6.25. The molecule has 0 amide bonds. The van der Waals surface area contributed by atoms with Crippen LogP contribution in [0, 0.1) is 0 Å². The van der Waals surface area contributed by atoms with Crippen LogP contribution in [0.1, 0.15) is 36.0 Å². The fraction of sp³-hybridized carbons (Fsp3) is 0.500. The predicted octanol–water partition coefficient (Wildman–Crippen LogP) is 2.98. The standard InChI is InChI=1S/C26H34N2O5/c1-31-26(30)24-7-2-3-10-28(24)18-21-8-9-25-22(15-21)19-27(11-13-33-25)17-20-5-4-6-23(16-20)32-14-12-29/h4-6,8-9,15-16,24,29H,2-3,7,10-14,17-19H2,1H3. The first kappa shape index (κ1) is 23.5. The molecule has 0 radical (unpaired) electrons. The second-order valence-electron chi connectivity index (χ2n) is 8.73. The van der Waals surface area contributed by atoms with E-state index >= 15 is 0 Å². The van der Waals surface area contributed by atoms with Gasteiger partial charge >= 0.3 is 5.97 Å². The Morgan fingerprint density at radius 3 is 2.85 bits per heavy atom. The number of hydrogen-bond acceptors (Lipinski definition) is 7. The highest BCUT2D eigenvalue weighted by atomic mass is 16.5. The van der Waals surface area contributed by atoms with Crippen LogP contribution >= 0.6 is 0 Å². The van der Waals surface area contributed by atoms with E-state index in [0.29, 0.717) is 13.2 Å². The molecule has 2 aromatic rings. The molecule has 7 nitrogen and oxygen atoms in total. The van der Waals surface area contributed by atoms with Crippen LogP contribution < -0.4 is 9.47 Å². The summed E-state index contributed by atoms with van der Waals surface area (Å²) in [6, 6.07) is 14.3. The molecule has 0 aliphatic carbocycles. The lowest BCUT2D eigenvalue weighted by molar-refractivity contribution is -0.148. The molecular formula is C26H34N2O5. The number of carbonyl (C=O) groups is 1. The summed E-state index contributed by atoms with van der Waals surface area (Å²) in [5, 5.41) is 8.99. The number of likely N-dealkylation sites (tertiary alicyclic amines) is 1. The number of aliphatic hydroxyl groups is 1. The zero-order valence-corrected chi connectivity index (χ0v) is 19.4. The minimum atomic E-state index is -0.157. The molecule has 1 atom stereocenters. The summed E-state index contributed by atoms with van der Waals surface area (Å²) in [7, 11) is 1.47. The van der Waals surface area contributed by atoms with Crippen LogP contribution in [0.2, 0.25) is 0 Å². The van der Waals surface area contributed by atoms with Crippen LogP contribution in [0.3, 0.4) is 0 Å². The number of rotatable bonds is 8. The second-order valence-corrected chi connectivity index (χ2v) is 8.73. The Morgan fingerprint density at radius 1 is 1.12 bits per heavy atom. The van der Waals surface area contributed by atoms with Crippen molar-refractivity contribution in [1.29, 1.82) is 0 Å². The summed E-state index contributed by atoms with van der Waals surface area (Å²) in [6.07, 6.45) is 3.03. The maximum atomic E-state index is 12.2. The van der Waals surface area contributed by atoms with Gasteiger partial charge in [0.2, 0.25) is 0 Å². The lowest BCUT2D eigenvalue weighted by atomic mass is 10.0. The average molecular weight is 455 g/mol. The van der Waals surface area contributed by atoms with E-state index in [9.17, 15) is 4.79 Å². The van der Waals surface area contributed by atoms with Crippen LogP contribution in [0.25, 0.3) is 0 Å². The summed E-state index contributed by atoms with van der Waals surface area (Å²) in [5.41, 5.74) is 3.53. The summed E-state index contributed by atoms with van der Waals surface area (Å²) in [4.78, 5) is 16.8. The highest BCUT2D eigenvalue weighted by Crippen LogP contribution is 2.28. The predicted molar refractivity (Wildman–Crippen MR) is 125 cm³/mol. The summed E-state index contributed by atoms with van der Waals surface area (Å²) in [6.45, 7) is 5.01. The largest absolute Gasteiger partial charge is 0.492 e. The molecule has 0 bridgehead atoms. The van der Waals surface area contributed by atoms with Crippen molar-refractivity contribution in [3.8, 4) is 11.5 Å². The number of nitrogens with zero attached hydrogens (tertiary/aromatic N) is 2. The van der Waals surface area contributed by atoms with E-state index < -0.39 is 0 Å². The van der Waals surface area contributed by atoms with Crippen LogP contribution in [0.4, 0.5) is 0 Å². The summed E-state index contributed by atoms with van der Waals surface area (Å²) in [5.74, 6) is 1.57. The van der Waals surface area contributed by atoms with E-state index in [-0.39, 0.29) is 18.6 Å². The molecule has 2 heterocycles. The lowest BCUT2D eigenvalue weighted by Crippen LogP contribution is -2.44. The molecule has 178 valence electrons. The maximum absolute atomic E-state index is 12.2. The van der Waals surface area contributed by atoms with Gasteiger partial charge in [-0.15, -0.1) is 0 Å². The number of esters is 1. The highest BCUT2D eigenvalue weighted by Gasteiger charge is 2.29. The Morgan fingerprint density at radius 2 is 2.00 bits per heavy atom. The highest BCUT2D eigenvalue weighted by molar-refractivity contribution is 5.75. The zero-order valence-electron chi connectivity index (χ0n) is 19.4. The molecule has 1 N–H and O–H groups in total. The Kier molecular flexibility index (Phi) is 8.20. The number of hydrogen-bond donors (Lipinski definition) is 1. The summed E-state index contributed by atoms with van der Waals surface area (Å²) >= 11 is 0. The SMILES string of the molecule is COC(=O)C1CCCCN1Cc1ccc2c(c1)CN(Cc1cccc(OCCO)c1)CCO2. The molecular weight excluding hydrogens is 420 g/mol. The molecule has 2 aromatic carbocycles. The zero-order chi connectivity index (χ0) is 23.0. The smallest absolute Gasteiger partial charge is 0.323 e. The molecule has 1 unspecified atom stereocenters. The number of ether oxygens (including phenoxy) is 3. The van der Waals surface area contributed by atoms with Crippen molar-refractivity contribution in [2.75, 3.05) is 40.0 Å². The number of aliphatic hydroxyl groups excluding tert-OH is 1. The van der Waals surface area contributed by atoms with Crippen molar-refractivity contribution in [2.24, 2.45) is 0 Å². The third-order valence-electron chi connectivity index (χ3n) is 6.32. The molecule has 7 heteroatoms. The van der Waals surface area contributed by atoms with Crippen molar-refractivity contribution in [3.63, 3.8) is 0 Å². The first-order valence-electron chi connectivity index (χ1n) is 11.8. The minimum Gasteiger partial charge on any atom is -0.492 e. The van der Waals surface area contributed by atoms with E-state index in [0.717, 1.165) is 63.5 Å². The van der Waals surface area contributed by atoms with Crippen molar-refractivity contribution >= 4 is 5.97 Å². The quantitative estimate of drug-likeness (QED) is 0.615. The number of piperidine rings is 1. The molecule has 1 fully saturated rings.